The van der Waals surface area contributed by atoms with Crippen LogP contribution >= 0.6 is 24.2 Å². The summed E-state index contributed by atoms with van der Waals surface area (Å²) >= 11 is 10.2. The molecule has 1 heterocycles. The van der Waals surface area contributed by atoms with Crippen molar-refractivity contribution in [2.75, 3.05) is 11.9 Å². The summed E-state index contributed by atoms with van der Waals surface area (Å²) in [4.78, 5) is 14.9. The van der Waals surface area contributed by atoms with E-state index in [2.05, 4.69) is 12.6 Å². The van der Waals surface area contributed by atoms with E-state index in [1.165, 1.54) is 0 Å². The van der Waals surface area contributed by atoms with Crippen molar-refractivity contribution in [2.24, 2.45) is 0 Å². The second-order valence-electron chi connectivity index (χ2n) is 4.68. The number of hydrogen-bond donors (Lipinski definition) is 1. The highest BCUT2D eigenvalue weighted by atomic mass is 35.5. The lowest BCUT2D eigenvalue weighted by Gasteiger charge is -2.08. The number of anilines is 1. The van der Waals surface area contributed by atoms with Gasteiger partial charge in [-0.05, 0) is 42.0 Å². The molecular formula is C20H24ClNOS. The van der Waals surface area contributed by atoms with E-state index in [1.807, 2.05) is 76.2 Å². The van der Waals surface area contributed by atoms with Crippen LogP contribution in [0.25, 0.3) is 11.6 Å². The third kappa shape index (κ3) is 4.43. The average molecular weight is 362 g/mol. The SMILES string of the molecule is CC.CC.CN1C(=O)/C(=C\c2ccc(Cl)cc2)c2cc(S)ccc21. The van der Waals surface area contributed by atoms with E-state index in [9.17, 15) is 4.79 Å². The molecule has 0 radical (unpaired) electrons. The number of rotatable bonds is 1. The van der Waals surface area contributed by atoms with E-state index in [1.54, 1.807) is 11.9 Å². The lowest BCUT2D eigenvalue weighted by molar-refractivity contribution is -0.112. The minimum absolute atomic E-state index is 0.00566. The molecule has 0 spiro atoms. The van der Waals surface area contributed by atoms with Crippen LogP contribution in [0.2, 0.25) is 5.02 Å². The summed E-state index contributed by atoms with van der Waals surface area (Å²) in [6.07, 6.45) is 1.88. The zero-order valence-corrected chi connectivity index (χ0v) is 16.4. The monoisotopic (exact) mass is 361 g/mol. The molecule has 0 N–H and O–H groups in total. The third-order valence-corrected chi connectivity index (χ3v) is 3.88. The fourth-order valence-electron chi connectivity index (χ4n) is 2.30. The fraction of sp³-hybridized carbons (Fsp3) is 0.250. The van der Waals surface area contributed by atoms with Gasteiger partial charge in [-0.25, -0.2) is 0 Å². The summed E-state index contributed by atoms with van der Waals surface area (Å²) in [6.45, 7) is 8.00. The summed E-state index contributed by atoms with van der Waals surface area (Å²) in [5.41, 5.74) is 3.46. The van der Waals surface area contributed by atoms with Gasteiger partial charge in [0.1, 0.15) is 0 Å². The second-order valence-corrected chi connectivity index (χ2v) is 5.63. The molecule has 1 amide bonds. The van der Waals surface area contributed by atoms with Gasteiger partial charge in [0.2, 0.25) is 0 Å². The van der Waals surface area contributed by atoms with Crippen LogP contribution in [0.15, 0.2) is 47.4 Å². The first-order chi connectivity index (χ1) is 11.6. The smallest absolute Gasteiger partial charge is 0.258 e. The van der Waals surface area contributed by atoms with Crippen LogP contribution in [0.3, 0.4) is 0 Å². The molecule has 2 nitrogen and oxygen atoms in total. The average Bonchev–Trinajstić information content (AvgIpc) is 2.85. The molecule has 24 heavy (non-hydrogen) atoms. The predicted molar refractivity (Wildman–Crippen MR) is 109 cm³/mol. The Balaban J connectivity index is 0.000000671. The number of carbonyl (C=O) groups is 1. The van der Waals surface area contributed by atoms with Crippen molar-refractivity contribution < 1.29 is 4.79 Å². The van der Waals surface area contributed by atoms with E-state index in [0.717, 1.165) is 21.7 Å². The van der Waals surface area contributed by atoms with Crippen molar-refractivity contribution in [3.8, 4) is 0 Å². The topological polar surface area (TPSA) is 20.3 Å². The Bertz CT molecular complexity index is 723. The number of likely N-dealkylation sites (N-methyl/N-ethyl adjacent to an activating group) is 1. The Labute approximate surface area is 155 Å². The molecule has 0 saturated heterocycles. The number of halogens is 1. The van der Waals surface area contributed by atoms with Gasteiger partial charge in [-0.15, -0.1) is 12.6 Å². The van der Waals surface area contributed by atoms with Crippen LogP contribution in [0.5, 0.6) is 0 Å². The number of nitrogens with zero attached hydrogens (tertiary/aromatic N) is 1. The van der Waals surface area contributed by atoms with Crippen LogP contribution < -0.4 is 4.90 Å². The maximum atomic E-state index is 12.4. The summed E-state index contributed by atoms with van der Waals surface area (Å²) in [5.74, 6) is -0.00566. The molecule has 1 aliphatic rings. The molecule has 0 fully saturated rings. The van der Waals surface area contributed by atoms with E-state index >= 15 is 0 Å². The van der Waals surface area contributed by atoms with Crippen LogP contribution in [-0.4, -0.2) is 13.0 Å². The number of carbonyl (C=O) groups excluding carboxylic acids is 1. The molecule has 0 aromatic heterocycles. The minimum atomic E-state index is -0.00566. The van der Waals surface area contributed by atoms with Gasteiger partial charge in [0, 0.05) is 28.1 Å². The summed E-state index contributed by atoms with van der Waals surface area (Å²) in [6, 6.07) is 13.1. The van der Waals surface area contributed by atoms with Crippen LogP contribution in [0.4, 0.5) is 5.69 Å². The Morgan fingerprint density at radius 3 is 2.17 bits per heavy atom. The van der Waals surface area contributed by atoms with Crippen molar-refractivity contribution in [3.63, 3.8) is 0 Å². The zero-order valence-electron chi connectivity index (χ0n) is 14.8. The lowest BCUT2D eigenvalue weighted by atomic mass is 10.0. The molecule has 2 aromatic rings. The normalized spacial score (nSPS) is 13.7. The van der Waals surface area contributed by atoms with Crippen LogP contribution in [-0.2, 0) is 4.79 Å². The van der Waals surface area contributed by atoms with E-state index in [0.29, 0.717) is 10.6 Å². The van der Waals surface area contributed by atoms with Crippen LogP contribution in [0.1, 0.15) is 38.8 Å². The van der Waals surface area contributed by atoms with Crippen molar-refractivity contribution >= 4 is 47.5 Å². The number of amides is 1. The number of hydrogen-bond acceptors (Lipinski definition) is 2. The Morgan fingerprint density at radius 2 is 1.58 bits per heavy atom. The molecule has 0 aliphatic carbocycles. The van der Waals surface area contributed by atoms with Gasteiger partial charge in [0.15, 0.2) is 0 Å². The molecule has 0 atom stereocenters. The maximum absolute atomic E-state index is 12.4. The number of thiol groups is 1. The summed E-state index contributed by atoms with van der Waals surface area (Å²) < 4.78 is 0. The number of fused-ring (bicyclic) bond motifs is 1. The first kappa shape index (κ1) is 20.3. The quantitative estimate of drug-likeness (QED) is 0.473. The first-order valence-electron chi connectivity index (χ1n) is 8.15. The largest absolute Gasteiger partial charge is 0.311 e. The van der Waals surface area contributed by atoms with E-state index in [-0.39, 0.29) is 5.91 Å². The molecule has 4 heteroatoms. The fourth-order valence-corrected chi connectivity index (χ4v) is 2.63. The molecule has 0 unspecified atom stereocenters. The van der Waals surface area contributed by atoms with Crippen molar-refractivity contribution in [2.45, 2.75) is 32.6 Å². The Morgan fingerprint density at radius 1 is 1.00 bits per heavy atom. The van der Waals surface area contributed by atoms with Crippen molar-refractivity contribution in [3.05, 3.63) is 58.6 Å². The maximum Gasteiger partial charge on any atom is 0.258 e. The van der Waals surface area contributed by atoms with Gasteiger partial charge in [-0.1, -0.05) is 51.4 Å². The van der Waals surface area contributed by atoms with Crippen molar-refractivity contribution in [1.29, 1.82) is 0 Å². The van der Waals surface area contributed by atoms with E-state index < -0.39 is 0 Å². The highest BCUT2D eigenvalue weighted by Gasteiger charge is 2.29. The second kappa shape index (κ2) is 9.55. The van der Waals surface area contributed by atoms with Crippen LogP contribution in [0, 0.1) is 0 Å². The predicted octanol–water partition coefficient (Wildman–Crippen LogP) is 6.20. The summed E-state index contributed by atoms with van der Waals surface area (Å²) in [7, 11) is 1.78. The summed E-state index contributed by atoms with van der Waals surface area (Å²) in [5, 5.41) is 0.681. The van der Waals surface area contributed by atoms with Gasteiger partial charge in [-0.2, -0.15) is 0 Å². The zero-order chi connectivity index (χ0) is 18.3. The van der Waals surface area contributed by atoms with Gasteiger partial charge in [0.05, 0.1) is 5.69 Å². The lowest BCUT2D eigenvalue weighted by Crippen LogP contribution is -2.20. The Kier molecular flexibility index (Phi) is 8.09. The number of benzene rings is 2. The van der Waals surface area contributed by atoms with Gasteiger partial charge in [0.25, 0.3) is 5.91 Å². The minimum Gasteiger partial charge on any atom is -0.311 e. The Hall–Kier alpha value is -1.71. The molecule has 0 saturated carbocycles. The highest BCUT2D eigenvalue weighted by Crippen LogP contribution is 2.38. The third-order valence-electron chi connectivity index (χ3n) is 3.35. The molecule has 3 rings (SSSR count). The van der Waals surface area contributed by atoms with Gasteiger partial charge < -0.3 is 4.90 Å². The molecule has 2 aromatic carbocycles. The molecular weight excluding hydrogens is 338 g/mol. The van der Waals surface area contributed by atoms with Gasteiger partial charge >= 0.3 is 0 Å². The molecule has 0 bridgehead atoms. The first-order valence-corrected chi connectivity index (χ1v) is 8.97. The molecule has 128 valence electrons. The van der Waals surface area contributed by atoms with Crippen molar-refractivity contribution in [1.82, 2.24) is 0 Å². The molecule has 1 aliphatic heterocycles. The van der Waals surface area contributed by atoms with Gasteiger partial charge in [-0.3, -0.25) is 4.79 Å². The highest BCUT2D eigenvalue weighted by molar-refractivity contribution is 7.80. The van der Waals surface area contributed by atoms with E-state index in [4.69, 9.17) is 11.6 Å². The standard InChI is InChI=1S/C16H12ClNOS.2C2H6/c1-18-15-7-6-12(20)9-13(15)14(16(18)19)8-10-2-4-11(17)5-3-10;2*1-2/h2-9,20H,1H3;2*1-2H3/b14-8-;;.